The summed E-state index contributed by atoms with van der Waals surface area (Å²) >= 11 is 0. The maximum absolute atomic E-state index is 11.4. The SMILES string of the molecule is CCCCCCCCCCCOC(=O)CCC(=O)OC(C)C. The predicted octanol–water partition coefficient (Wildman–Crippen LogP) is 4.79. The van der Waals surface area contributed by atoms with Gasteiger partial charge in [-0.2, -0.15) is 0 Å². The summed E-state index contributed by atoms with van der Waals surface area (Å²) in [7, 11) is 0. The number of hydrogen-bond donors (Lipinski definition) is 0. The van der Waals surface area contributed by atoms with Crippen LogP contribution in [0.1, 0.15) is 91.4 Å². The number of carbonyl (C=O) groups is 2. The highest BCUT2D eigenvalue weighted by Gasteiger charge is 2.10. The van der Waals surface area contributed by atoms with E-state index in [1.807, 2.05) is 0 Å². The van der Waals surface area contributed by atoms with Crippen LogP contribution in [0.4, 0.5) is 0 Å². The maximum Gasteiger partial charge on any atom is 0.306 e. The molecule has 0 saturated heterocycles. The molecule has 0 aliphatic heterocycles. The van der Waals surface area contributed by atoms with Crippen LogP contribution in [0.3, 0.4) is 0 Å². The van der Waals surface area contributed by atoms with Crippen LogP contribution in [0.15, 0.2) is 0 Å². The van der Waals surface area contributed by atoms with E-state index in [0.717, 1.165) is 12.8 Å². The van der Waals surface area contributed by atoms with Crippen molar-refractivity contribution in [2.45, 2.75) is 97.5 Å². The van der Waals surface area contributed by atoms with Crippen molar-refractivity contribution in [1.29, 1.82) is 0 Å². The van der Waals surface area contributed by atoms with Gasteiger partial charge in [0.25, 0.3) is 0 Å². The Kier molecular flexibility index (Phi) is 14.1. The summed E-state index contributed by atoms with van der Waals surface area (Å²) < 4.78 is 10.1. The van der Waals surface area contributed by atoms with Crippen LogP contribution in [-0.4, -0.2) is 24.6 Å². The van der Waals surface area contributed by atoms with Crippen molar-refractivity contribution in [2.75, 3.05) is 6.61 Å². The van der Waals surface area contributed by atoms with Crippen LogP contribution in [0, 0.1) is 0 Å². The minimum atomic E-state index is -0.338. The molecule has 0 atom stereocenters. The smallest absolute Gasteiger partial charge is 0.306 e. The molecular weight excluding hydrogens is 280 g/mol. The number of hydrogen-bond acceptors (Lipinski definition) is 4. The molecular formula is C18H34O4. The Hall–Kier alpha value is -1.06. The lowest BCUT2D eigenvalue weighted by atomic mass is 10.1. The molecule has 0 spiro atoms. The van der Waals surface area contributed by atoms with Crippen molar-refractivity contribution in [3.63, 3.8) is 0 Å². The van der Waals surface area contributed by atoms with E-state index in [1.165, 1.54) is 44.9 Å². The Labute approximate surface area is 135 Å². The number of ether oxygens (including phenoxy) is 2. The normalized spacial score (nSPS) is 10.7. The number of rotatable bonds is 14. The number of carbonyl (C=O) groups excluding carboxylic acids is 2. The summed E-state index contributed by atoms with van der Waals surface area (Å²) in [5.41, 5.74) is 0. The van der Waals surface area contributed by atoms with E-state index < -0.39 is 0 Å². The second-order valence-corrected chi connectivity index (χ2v) is 6.09. The van der Waals surface area contributed by atoms with Crippen LogP contribution >= 0.6 is 0 Å². The number of unbranched alkanes of at least 4 members (excludes halogenated alkanes) is 8. The molecule has 0 rings (SSSR count). The van der Waals surface area contributed by atoms with Gasteiger partial charge in [-0.05, 0) is 20.3 Å². The lowest BCUT2D eigenvalue weighted by Crippen LogP contribution is -2.14. The first-order valence-corrected chi connectivity index (χ1v) is 8.91. The zero-order chi connectivity index (χ0) is 16.6. The van der Waals surface area contributed by atoms with Gasteiger partial charge in [0.05, 0.1) is 25.6 Å². The van der Waals surface area contributed by atoms with E-state index >= 15 is 0 Å². The monoisotopic (exact) mass is 314 g/mol. The zero-order valence-electron chi connectivity index (χ0n) is 14.7. The third-order valence-corrected chi connectivity index (χ3v) is 3.41. The molecule has 4 nitrogen and oxygen atoms in total. The molecule has 0 amide bonds. The van der Waals surface area contributed by atoms with Gasteiger partial charge in [0.15, 0.2) is 0 Å². The molecule has 0 aromatic rings. The Balaban J connectivity index is 3.30. The highest BCUT2D eigenvalue weighted by molar-refractivity contribution is 5.77. The fourth-order valence-electron chi connectivity index (χ4n) is 2.20. The van der Waals surface area contributed by atoms with Gasteiger partial charge in [-0.1, -0.05) is 58.3 Å². The van der Waals surface area contributed by atoms with Crippen LogP contribution in [0.2, 0.25) is 0 Å². The molecule has 0 fully saturated rings. The summed E-state index contributed by atoms with van der Waals surface area (Å²) in [6.45, 7) is 6.28. The summed E-state index contributed by atoms with van der Waals surface area (Å²) in [4.78, 5) is 22.7. The van der Waals surface area contributed by atoms with Gasteiger partial charge in [-0.15, -0.1) is 0 Å². The van der Waals surface area contributed by atoms with Crippen LogP contribution in [0.5, 0.6) is 0 Å². The zero-order valence-corrected chi connectivity index (χ0v) is 14.7. The van der Waals surface area contributed by atoms with E-state index in [1.54, 1.807) is 13.8 Å². The first kappa shape index (κ1) is 20.9. The molecule has 130 valence electrons. The lowest BCUT2D eigenvalue weighted by molar-refractivity contribution is -0.152. The first-order valence-electron chi connectivity index (χ1n) is 8.91. The third kappa shape index (κ3) is 15.3. The Morgan fingerprint density at radius 3 is 1.82 bits per heavy atom. The van der Waals surface area contributed by atoms with Gasteiger partial charge in [0, 0.05) is 0 Å². The Morgan fingerprint density at radius 2 is 1.27 bits per heavy atom. The molecule has 0 N–H and O–H groups in total. The van der Waals surface area contributed by atoms with E-state index in [-0.39, 0.29) is 30.9 Å². The predicted molar refractivity (Wildman–Crippen MR) is 88.6 cm³/mol. The third-order valence-electron chi connectivity index (χ3n) is 3.41. The summed E-state index contributed by atoms with van der Waals surface area (Å²) in [6.07, 6.45) is 11.3. The van der Waals surface area contributed by atoms with Crippen molar-refractivity contribution in [2.24, 2.45) is 0 Å². The molecule has 0 radical (unpaired) electrons. The second kappa shape index (κ2) is 14.9. The van der Waals surface area contributed by atoms with Crippen LogP contribution in [-0.2, 0) is 19.1 Å². The largest absolute Gasteiger partial charge is 0.466 e. The van der Waals surface area contributed by atoms with Gasteiger partial charge in [0.2, 0.25) is 0 Å². The van der Waals surface area contributed by atoms with E-state index in [2.05, 4.69) is 6.92 Å². The van der Waals surface area contributed by atoms with E-state index in [9.17, 15) is 9.59 Å². The number of esters is 2. The Bertz CT molecular complexity index is 287. The van der Waals surface area contributed by atoms with Crippen molar-refractivity contribution >= 4 is 11.9 Å². The highest BCUT2D eigenvalue weighted by Crippen LogP contribution is 2.09. The quantitative estimate of drug-likeness (QED) is 0.341. The van der Waals surface area contributed by atoms with Gasteiger partial charge in [0.1, 0.15) is 0 Å². The summed E-state index contributed by atoms with van der Waals surface area (Å²) in [5.74, 6) is -0.643. The molecule has 0 aromatic carbocycles. The molecule has 4 heteroatoms. The molecule has 0 unspecified atom stereocenters. The molecule has 0 aliphatic carbocycles. The van der Waals surface area contributed by atoms with Gasteiger partial charge in [-0.3, -0.25) is 9.59 Å². The first-order chi connectivity index (χ1) is 10.6. The fraction of sp³-hybridized carbons (Fsp3) is 0.889. The molecule has 22 heavy (non-hydrogen) atoms. The molecule has 0 heterocycles. The standard InChI is InChI=1S/C18H34O4/c1-4-5-6-7-8-9-10-11-12-15-21-17(19)13-14-18(20)22-16(2)3/h16H,4-15H2,1-3H3. The van der Waals surface area contributed by atoms with Crippen molar-refractivity contribution in [3.8, 4) is 0 Å². The minimum Gasteiger partial charge on any atom is -0.466 e. The molecule has 0 aliphatic rings. The van der Waals surface area contributed by atoms with E-state index in [4.69, 9.17) is 9.47 Å². The average molecular weight is 314 g/mol. The highest BCUT2D eigenvalue weighted by atomic mass is 16.5. The maximum atomic E-state index is 11.4. The second-order valence-electron chi connectivity index (χ2n) is 6.09. The van der Waals surface area contributed by atoms with Crippen LogP contribution in [0.25, 0.3) is 0 Å². The van der Waals surface area contributed by atoms with Crippen LogP contribution < -0.4 is 0 Å². The molecule has 0 aromatic heterocycles. The summed E-state index contributed by atoms with van der Waals surface area (Å²) in [5, 5.41) is 0. The van der Waals surface area contributed by atoms with E-state index in [0.29, 0.717) is 6.61 Å². The molecule has 0 bridgehead atoms. The average Bonchev–Trinajstić information content (AvgIpc) is 2.46. The van der Waals surface area contributed by atoms with Crippen molar-refractivity contribution < 1.29 is 19.1 Å². The van der Waals surface area contributed by atoms with Gasteiger partial charge >= 0.3 is 11.9 Å². The topological polar surface area (TPSA) is 52.6 Å². The lowest BCUT2D eigenvalue weighted by Gasteiger charge is -2.08. The van der Waals surface area contributed by atoms with Gasteiger partial charge in [-0.25, -0.2) is 0 Å². The van der Waals surface area contributed by atoms with Crippen molar-refractivity contribution in [1.82, 2.24) is 0 Å². The molecule has 0 saturated carbocycles. The van der Waals surface area contributed by atoms with Crippen molar-refractivity contribution in [3.05, 3.63) is 0 Å². The summed E-state index contributed by atoms with van der Waals surface area (Å²) in [6, 6.07) is 0. The fourth-order valence-corrected chi connectivity index (χ4v) is 2.20. The Morgan fingerprint density at radius 1 is 0.773 bits per heavy atom. The van der Waals surface area contributed by atoms with Gasteiger partial charge < -0.3 is 9.47 Å². The minimum absolute atomic E-state index is 0.106.